The van der Waals surface area contributed by atoms with E-state index in [2.05, 4.69) is 0 Å². The zero-order chi connectivity index (χ0) is 11.7. The largest absolute Gasteiger partial charge is 0.507 e. The highest BCUT2D eigenvalue weighted by atomic mass is 35.5. The second-order valence-corrected chi connectivity index (χ2v) is 3.70. The van der Waals surface area contributed by atoms with Gasteiger partial charge in [0, 0.05) is 16.1 Å². The van der Waals surface area contributed by atoms with E-state index in [1.807, 2.05) is 0 Å². The standard InChI is InChI=1S/C12H7ClF2O/c13-7-4-5-11(16)9(6-7)8-2-1-3-10(14)12(8)15/h1-6,16H. The molecule has 0 aromatic heterocycles. The average molecular weight is 241 g/mol. The summed E-state index contributed by atoms with van der Waals surface area (Å²) in [4.78, 5) is 0. The van der Waals surface area contributed by atoms with Gasteiger partial charge in [0.2, 0.25) is 0 Å². The minimum atomic E-state index is -1.000. The Balaban J connectivity index is 2.67. The molecule has 2 rings (SSSR count). The van der Waals surface area contributed by atoms with Gasteiger partial charge in [-0.05, 0) is 24.3 Å². The van der Waals surface area contributed by atoms with Crippen LogP contribution in [0.3, 0.4) is 0 Å². The Labute approximate surface area is 95.9 Å². The molecular weight excluding hydrogens is 234 g/mol. The smallest absolute Gasteiger partial charge is 0.166 e. The molecule has 1 nitrogen and oxygen atoms in total. The van der Waals surface area contributed by atoms with Crippen LogP contribution in [0.15, 0.2) is 36.4 Å². The van der Waals surface area contributed by atoms with Gasteiger partial charge >= 0.3 is 0 Å². The van der Waals surface area contributed by atoms with Crippen LogP contribution in [0.4, 0.5) is 8.78 Å². The molecule has 0 aliphatic rings. The third kappa shape index (κ3) is 1.86. The summed E-state index contributed by atoms with van der Waals surface area (Å²) in [6.45, 7) is 0. The first-order chi connectivity index (χ1) is 7.59. The normalized spacial score (nSPS) is 10.4. The zero-order valence-electron chi connectivity index (χ0n) is 8.05. The molecule has 0 spiro atoms. The van der Waals surface area contributed by atoms with Gasteiger partial charge in [-0.15, -0.1) is 0 Å². The molecule has 1 N–H and O–H groups in total. The van der Waals surface area contributed by atoms with Crippen LogP contribution in [0.5, 0.6) is 5.75 Å². The van der Waals surface area contributed by atoms with Crippen LogP contribution in [0.2, 0.25) is 5.02 Å². The maximum Gasteiger partial charge on any atom is 0.166 e. The van der Waals surface area contributed by atoms with Crippen molar-refractivity contribution in [2.75, 3.05) is 0 Å². The summed E-state index contributed by atoms with van der Waals surface area (Å²) in [5.74, 6) is -2.11. The summed E-state index contributed by atoms with van der Waals surface area (Å²) in [5, 5.41) is 9.90. The van der Waals surface area contributed by atoms with E-state index in [1.54, 1.807) is 0 Å². The Morgan fingerprint density at radius 1 is 1.00 bits per heavy atom. The summed E-state index contributed by atoms with van der Waals surface area (Å²) < 4.78 is 26.5. The molecule has 82 valence electrons. The lowest BCUT2D eigenvalue weighted by Crippen LogP contribution is -1.89. The number of halogens is 3. The molecule has 16 heavy (non-hydrogen) atoms. The van der Waals surface area contributed by atoms with Crippen LogP contribution < -0.4 is 0 Å². The maximum atomic E-state index is 13.5. The molecule has 0 radical (unpaired) electrons. The first-order valence-corrected chi connectivity index (χ1v) is 4.90. The third-order valence-corrected chi connectivity index (χ3v) is 2.44. The first kappa shape index (κ1) is 10.9. The number of benzene rings is 2. The van der Waals surface area contributed by atoms with Crippen LogP contribution in [0, 0.1) is 11.6 Å². The minimum Gasteiger partial charge on any atom is -0.507 e. The van der Waals surface area contributed by atoms with Crippen molar-refractivity contribution in [1.82, 2.24) is 0 Å². The number of rotatable bonds is 1. The maximum absolute atomic E-state index is 13.5. The molecule has 0 unspecified atom stereocenters. The fourth-order valence-electron chi connectivity index (χ4n) is 1.44. The Morgan fingerprint density at radius 2 is 1.75 bits per heavy atom. The van der Waals surface area contributed by atoms with Crippen molar-refractivity contribution >= 4 is 11.6 Å². The number of phenols is 1. The van der Waals surface area contributed by atoms with Crippen molar-refractivity contribution in [3.8, 4) is 16.9 Å². The molecule has 0 atom stereocenters. The first-order valence-electron chi connectivity index (χ1n) is 4.52. The van der Waals surface area contributed by atoms with Gasteiger partial charge in [-0.3, -0.25) is 0 Å². The SMILES string of the molecule is Oc1ccc(Cl)cc1-c1cccc(F)c1F. The number of hydrogen-bond donors (Lipinski definition) is 1. The lowest BCUT2D eigenvalue weighted by molar-refractivity contribution is 0.475. The molecule has 0 aliphatic carbocycles. The molecule has 4 heteroatoms. The van der Waals surface area contributed by atoms with Crippen LogP contribution >= 0.6 is 11.6 Å². The molecule has 0 saturated heterocycles. The van der Waals surface area contributed by atoms with Crippen molar-refractivity contribution < 1.29 is 13.9 Å². The quantitative estimate of drug-likeness (QED) is 0.799. The van der Waals surface area contributed by atoms with E-state index < -0.39 is 11.6 Å². The van der Waals surface area contributed by atoms with Gasteiger partial charge in [-0.1, -0.05) is 23.7 Å². The third-order valence-electron chi connectivity index (χ3n) is 2.20. The van der Waals surface area contributed by atoms with Crippen LogP contribution in [-0.4, -0.2) is 5.11 Å². The number of phenolic OH excluding ortho intramolecular Hbond substituents is 1. The van der Waals surface area contributed by atoms with Gasteiger partial charge < -0.3 is 5.11 Å². The summed E-state index contributed by atoms with van der Waals surface area (Å²) in [7, 11) is 0. The Kier molecular flexibility index (Phi) is 2.79. The Bertz CT molecular complexity index is 541. The molecule has 0 aliphatic heterocycles. The highest BCUT2D eigenvalue weighted by molar-refractivity contribution is 6.31. The Hall–Kier alpha value is -1.61. The highest BCUT2D eigenvalue weighted by Gasteiger charge is 2.13. The van der Waals surface area contributed by atoms with Crippen molar-refractivity contribution in [2.24, 2.45) is 0 Å². The minimum absolute atomic E-state index is 0.0139. The van der Waals surface area contributed by atoms with E-state index in [-0.39, 0.29) is 16.9 Å². The molecule has 0 fully saturated rings. The van der Waals surface area contributed by atoms with E-state index in [0.29, 0.717) is 5.02 Å². The fraction of sp³-hybridized carbons (Fsp3) is 0. The molecular formula is C12H7ClF2O. The predicted octanol–water partition coefficient (Wildman–Crippen LogP) is 3.99. The lowest BCUT2D eigenvalue weighted by Gasteiger charge is -2.06. The monoisotopic (exact) mass is 240 g/mol. The molecule has 0 bridgehead atoms. The predicted molar refractivity (Wildman–Crippen MR) is 58.5 cm³/mol. The second kappa shape index (κ2) is 4.10. The van der Waals surface area contributed by atoms with E-state index >= 15 is 0 Å². The van der Waals surface area contributed by atoms with Crippen LogP contribution in [-0.2, 0) is 0 Å². The summed E-state index contributed by atoms with van der Waals surface area (Å²) >= 11 is 5.73. The van der Waals surface area contributed by atoms with Gasteiger partial charge in [0.15, 0.2) is 11.6 Å². The Morgan fingerprint density at radius 3 is 2.50 bits per heavy atom. The van der Waals surface area contributed by atoms with Crippen molar-refractivity contribution in [1.29, 1.82) is 0 Å². The van der Waals surface area contributed by atoms with Gasteiger partial charge in [0.25, 0.3) is 0 Å². The second-order valence-electron chi connectivity index (χ2n) is 3.26. The van der Waals surface area contributed by atoms with Crippen molar-refractivity contribution in [3.63, 3.8) is 0 Å². The molecule has 0 amide bonds. The van der Waals surface area contributed by atoms with Gasteiger partial charge in [-0.25, -0.2) is 8.78 Å². The summed E-state index contributed by atoms with van der Waals surface area (Å²) in [6, 6.07) is 7.95. The molecule has 2 aromatic rings. The van der Waals surface area contributed by atoms with Gasteiger partial charge in [0.1, 0.15) is 5.75 Å². The van der Waals surface area contributed by atoms with Crippen molar-refractivity contribution in [2.45, 2.75) is 0 Å². The fourth-order valence-corrected chi connectivity index (χ4v) is 1.61. The highest BCUT2D eigenvalue weighted by Crippen LogP contribution is 2.33. The zero-order valence-corrected chi connectivity index (χ0v) is 8.80. The summed E-state index contributed by atoms with van der Waals surface area (Å²) in [6.07, 6.45) is 0. The van der Waals surface area contributed by atoms with Crippen molar-refractivity contribution in [3.05, 3.63) is 53.1 Å². The average Bonchev–Trinajstić information content (AvgIpc) is 2.26. The van der Waals surface area contributed by atoms with Crippen LogP contribution in [0.1, 0.15) is 0 Å². The lowest BCUT2D eigenvalue weighted by atomic mass is 10.0. The van der Waals surface area contributed by atoms with Gasteiger partial charge in [-0.2, -0.15) is 0 Å². The van der Waals surface area contributed by atoms with Gasteiger partial charge in [0.05, 0.1) is 0 Å². The number of hydrogen-bond acceptors (Lipinski definition) is 1. The molecule has 0 heterocycles. The molecule has 2 aromatic carbocycles. The topological polar surface area (TPSA) is 20.2 Å². The van der Waals surface area contributed by atoms with E-state index in [1.165, 1.54) is 30.3 Å². The molecule has 0 saturated carbocycles. The van der Waals surface area contributed by atoms with E-state index in [9.17, 15) is 13.9 Å². The van der Waals surface area contributed by atoms with E-state index in [4.69, 9.17) is 11.6 Å². The summed E-state index contributed by atoms with van der Waals surface area (Å²) in [5.41, 5.74) is 0.157. The van der Waals surface area contributed by atoms with E-state index in [0.717, 1.165) is 6.07 Å². The number of aromatic hydroxyl groups is 1. The van der Waals surface area contributed by atoms with Crippen LogP contribution in [0.25, 0.3) is 11.1 Å².